The van der Waals surface area contributed by atoms with Crippen LogP contribution in [0, 0.1) is 17.8 Å². The van der Waals surface area contributed by atoms with Crippen LogP contribution >= 0.6 is 0 Å². The van der Waals surface area contributed by atoms with E-state index in [0.29, 0.717) is 31.2 Å². The van der Waals surface area contributed by atoms with E-state index in [0.717, 1.165) is 5.52 Å². The summed E-state index contributed by atoms with van der Waals surface area (Å²) in [6, 6.07) is 5.84. The molecule has 3 aliphatic rings. The first-order valence-electron chi connectivity index (χ1n) is 14.7. The van der Waals surface area contributed by atoms with Gasteiger partial charge in [-0.05, 0) is 50.7 Å². The van der Waals surface area contributed by atoms with Crippen LogP contribution in [0.25, 0.3) is 11.0 Å². The number of aliphatic hydroxyl groups is 1. The molecule has 222 valence electrons. The maximum Gasteiger partial charge on any atom is 0.312 e. The zero-order valence-electron chi connectivity index (χ0n) is 24.4. The zero-order valence-corrected chi connectivity index (χ0v) is 24.4. The van der Waals surface area contributed by atoms with Gasteiger partial charge in [0.05, 0.1) is 36.3 Å². The Hall–Kier alpha value is -3.31. The van der Waals surface area contributed by atoms with Gasteiger partial charge in [-0.1, -0.05) is 44.2 Å². The zero-order chi connectivity index (χ0) is 29.5. The molecule has 5 rings (SSSR count). The van der Waals surface area contributed by atoms with Crippen molar-refractivity contribution in [2.45, 2.75) is 83.3 Å². The number of ether oxygens (including phenoxy) is 2. The molecule has 1 aromatic carbocycles. The Balaban J connectivity index is 1.60. The number of aromatic nitrogens is 3. The minimum atomic E-state index is -1.21. The minimum Gasteiger partial charge on any atom is -0.466 e. The van der Waals surface area contributed by atoms with E-state index in [-0.39, 0.29) is 44.2 Å². The van der Waals surface area contributed by atoms with Crippen LogP contribution in [0.4, 0.5) is 0 Å². The molecule has 2 amide bonds. The lowest BCUT2D eigenvalue weighted by Crippen LogP contribution is -2.59. The molecule has 1 N–H and O–H groups in total. The van der Waals surface area contributed by atoms with Crippen LogP contribution in [0.2, 0.25) is 0 Å². The molecule has 2 aromatic rings. The monoisotopic (exact) mass is 567 g/mol. The number of esters is 1. The molecular formula is C30H41N5O6. The normalized spacial score (nSPS) is 29.3. The first kappa shape index (κ1) is 29.2. The highest BCUT2D eigenvalue weighted by molar-refractivity contribution is 5.98. The van der Waals surface area contributed by atoms with Crippen LogP contribution in [0.3, 0.4) is 0 Å². The molecule has 3 saturated heterocycles. The van der Waals surface area contributed by atoms with Gasteiger partial charge in [-0.15, -0.1) is 11.7 Å². The largest absolute Gasteiger partial charge is 0.466 e. The lowest BCUT2D eigenvalue weighted by molar-refractivity contribution is -0.164. The first-order valence-corrected chi connectivity index (χ1v) is 14.7. The quantitative estimate of drug-likeness (QED) is 0.306. The third-order valence-electron chi connectivity index (χ3n) is 9.13. The summed E-state index contributed by atoms with van der Waals surface area (Å²) >= 11 is 0. The lowest BCUT2D eigenvalue weighted by atomic mass is 9.65. The summed E-state index contributed by atoms with van der Waals surface area (Å²) in [5.41, 5.74) is -0.624. The maximum atomic E-state index is 14.7. The van der Waals surface area contributed by atoms with Gasteiger partial charge in [-0.2, -0.15) is 0 Å². The fourth-order valence-corrected chi connectivity index (χ4v) is 7.47. The predicted molar refractivity (Wildman–Crippen MR) is 150 cm³/mol. The fourth-order valence-electron chi connectivity index (χ4n) is 7.47. The van der Waals surface area contributed by atoms with Gasteiger partial charge in [0.1, 0.15) is 29.7 Å². The Morgan fingerprint density at radius 3 is 2.71 bits per heavy atom. The average Bonchev–Trinajstić information content (AvgIpc) is 3.68. The van der Waals surface area contributed by atoms with Gasteiger partial charge in [-0.3, -0.25) is 14.4 Å². The number of nitrogens with zero attached hydrogens (tertiary/aromatic N) is 5. The molecule has 0 saturated carbocycles. The molecule has 0 radical (unpaired) electrons. The van der Waals surface area contributed by atoms with Crippen LogP contribution in [0.15, 0.2) is 36.9 Å². The van der Waals surface area contributed by atoms with Crippen molar-refractivity contribution in [1.29, 1.82) is 0 Å². The number of carbonyl (C=O) groups is 3. The van der Waals surface area contributed by atoms with Crippen molar-refractivity contribution in [1.82, 2.24) is 24.8 Å². The average molecular weight is 568 g/mol. The number of amides is 2. The number of carbonyl (C=O) groups excluding carboxylic acids is 3. The Kier molecular flexibility index (Phi) is 7.95. The SMILES string of the molecule is C=CCN(Cn1nnc2ccccc21)C(=O)C1N([C@@H](CO)CC(C)C)C(=O)[C@@H]2[C@H](C(=O)OCC)[C@]3(CC)CCC12O3. The Bertz CT molecular complexity index is 1330. The predicted octanol–water partition coefficient (Wildman–Crippen LogP) is 2.53. The molecule has 11 heteroatoms. The van der Waals surface area contributed by atoms with Crippen molar-refractivity contribution < 1.29 is 29.0 Å². The van der Waals surface area contributed by atoms with Gasteiger partial charge in [0.2, 0.25) is 11.8 Å². The second kappa shape index (κ2) is 11.2. The van der Waals surface area contributed by atoms with Crippen molar-refractivity contribution in [2.24, 2.45) is 17.8 Å². The Morgan fingerprint density at radius 1 is 1.29 bits per heavy atom. The molecule has 2 bridgehead atoms. The van der Waals surface area contributed by atoms with Crippen LogP contribution in [0.1, 0.15) is 53.4 Å². The lowest BCUT2D eigenvalue weighted by Gasteiger charge is -2.40. The number of benzene rings is 1. The van der Waals surface area contributed by atoms with Gasteiger partial charge in [0, 0.05) is 6.54 Å². The number of para-hydroxylation sites is 1. The standard InChI is InChI=1S/C30H41N5O6/c1-6-15-33(18-34-22-12-10-9-11-21(22)31-32-34)27(38)25-30-14-13-29(7-2,41-30)24(28(39)40-8-3)23(30)26(37)35(25)20(17-36)16-19(4)5/h6,9-12,19-20,23-25,36H,1,7-8,13-18H2,2-5H3/t20-,23+,24-,25?,29+,30?/m1/s1. The molecule has 3 fully saturated rings. The summed E-state index contributed by atoms with van der Waals surface area (Å²) in [4.78, 5) is 45.7. The summed E-state index contributed by atoms with van der Waals surface area (Å²) in [6.07, 6.45) is 3.63. The molecule has 4 heterocycles. The summed E-state index contributed by atoms with van der Waals surface area (Å²) in [5, 5.41) is 19.0. The van der Waals surface area contributed by atoms with Crippen molar-refractivity contribution in [3.05, 3.63) is 36.9 Å². The molecule has 3 aliphatic heterocycles. The molecule has 11 nitrogen and oxygen atoms in total. The number of likely N-dealkylation sites (tertiary alicyclic amines) is 1. The molecule has 0 aliphatic carbocycles. The van der Waals surface area contributed by atoms with Crippen molar-refractivity contribution in [3.8, 4) is 0 Å². The molecule has 6 atom stereocenters. The van der Waals surface area contributed by atoms with E-state index in [9.17, 15) is 19.5 Å². The summed E-state index contributed by atoms with van der Waals surface area (Å²) in [6.45, 7) is 11.7. The maximum absolute atomic E-state index is 14.7. The van der Waals surface area contributed by atoms with Crippen molar-refractivity contribution in [3.63, 3.8) is 0 Å². The van der Waals surface area contributed by atoms with Gasteiger partial charge in [-0.25, -0.2) is 4.68 Å². The molecule has 2 unspecified atom stereocenters. The third kappa shape index (κ3) is 4.53. The van der Waals surface area contributed by atoms with Crippen LogP contribution in [0.5, 0.6) is 0 Å². The first-order chi connectivity index (χ1) is 19.7. The van der Waals surface area contributed by atoms with Crippen molar-refractivity contribution in [2.75, 3.05) is 19.8 Å². The van der Waals surface area contributed by atoms with E-state index in [2.05, 4.69) is 16.9 Å². The van der Waals surface area contributed by atoms with Gasteiger partial charge >= 0.3 is 5.97 Å². The molecule has 1 spiro atoms. The highest BCUT2D eigenvalue weighted by atomic mass is 16.6. The van der Waals surface area contributed by atoms with E-state index in [1.807, 2.05) is 45.0 Å². The van der Waals surface area contributed by atoms with Crippen LogP contribution < -0.4 is 0 Å². The Labute approximate surface area is 240 Å². The number of fused-ring (bicyclic) bond motifs is 2. The number of hydrogen-bond acceptors (Lipinski definition) is 8. The van der Waals surface area contributed by atoms with Gasteiger partial charge < -0.3 is 24.4 Å². The highest BCUT2D eigenvalue weighted by Gasteiger charge is 2.79. The van der Waals surface area contributed by atoms with Gasteiger partial charge in [0.25, 0.3) is 0 Å². The Morgan fingerprint density at radius 2 is 2.05 bits per heavy atom. The van der Waals surface area contributed by atoms with E-state index in [1.165, 1.54) is 4.90 Å². The summed E-state index contributed by atoms with van der Waals surface area (Å²) < 4.78 is 13.9. The van der Waals surface area contributed by atoms with Gasteiger partial charge in [0.15, 0.2) is 0 Å². The fraction of sp³-hybridized carbons (Fsp3) is 0.633. The van der Waals surface area contributed by atoms with E-state index < -0.39 is 41.1 Å². The second-order valence-electron chi connectivity index (χ2n) is 11.9. The molecule has 1 aromatic heterocycles. The minimum absolute atomic E-state index is 0.0822. The third-order valence-corrected chi connectivity index (χ3v) is 9.13. The smallest absolute Gasteiger partial charge is 0.312 e. The highest BCUT2D eigenvalue weighted by Crippen LogP contribution is 2.65. The molecule has 41 heavy (non-hydrogen) atoms. The summed E-state index contributed by atoms with van der Waals surface area (Å²) in [5.74, 6) is -2.68. The van der Waals surface area contributed by atoms with Crippen LogP contribution in [-0.4, -0.2) is 90.7 Å². The van der Waals surface area contributed by atoms with E-state index >= 15 is 0 Å². The van der Waals surface area contributed by atoms with Crippen LogP contribution in [-0.2, 0) is 30.5 Å². The second-order valence-corrected chi connectivity index (χ2v) is 11.9. The topological polar surface area (TPSA) is 127 Å². The number of rotatable bonds is 12. The van der Waals surface area contributed by atoms with E-state index in [1.54, 1.807) is 22.6 Å². The number of aliphatic hydroxyl groups excluding tert-OH is 1. The van der Waals surface area contributed by atoms with E-state index in [4.69, 9.17) is 9.47 Å². The summed E-state index contributed by atoms with van der Waals surface area (Å²) in [7, 11) is 0. The number of hydrogen-bond donors (Lipinski definition) is 1. The van der Waals surface area contributed by atoms with Crippen molar-refractivity contribution >= 4 is 28.8 Å². The molecular weight excluding hydrogens is 526 g/mol.